The molecule has 4 rings (SSSR count). The first kappa shape index (κ1) is 23.6. The third kappa shape index (κ3) is 5.69. The summed E-state index contributed by atoms with van der Waals surface area (Å²) in [6, 6.07) is 21.3. The van der Waals surface area contributed by atoms with E-state index < -0.39 is 5.82 Å². The monoisotopic (exact) mass is 523 g/mol. The maximum atomic E-state index is 13.5. The number of nitrogens with zero attached hydrogens (tertiary/aromatic N) is 2. The Labute approximate surface area is 205 Å². The summed E-state index contributed by atoms with van der Waals surface area (Å²) < 4.78 is 14.1. The van der Waals surface area contributed by atoms with Crippen LogP contribution in [0.15, 0.2) is 77.3 Å². The lowest BCUT2D eigenvalue weighted by Gasteiger charge is -2.35. The van der Waals surface area contributed by atoms with Crippen molar-refractivity contribution in [3.05, 3.63) is 88.6 Å². The van der Waals surface area contributed by atoms with Gasteiger partial charge in [-0.3, -0.25) is 14.4 Å². The smallest absolute Gasteiger partial charge is 0.255 e. The number of hydrogen-bond acceptors (Lipinski definition) is 3. The van der Waals surface area contributed by atoms with Gasteiger partial charge in [-0.1, -0.05) is 42.5 Å². The van der Waals surface area contributed by atoms with Crippen LogP contribution in [0.1, 0.15) is 16.8 Å². The molecule has 3 aromatic rings. The van der Waals surface area contributed by atoms with Crippen LogP contribution in [0.5, 0.6) is 0 Å². The lowest BCUT2D eigenvalue weighted by molar-refractivity contribution is -0.135. The molecule has 174 valence electrons. The van der Waals surface area contributed by atoms with Gasteiger partial charge in [-0.15, -0.1) is 0 Å². The second-order valence-corrected chi connectivity index (χ2v) is 8.82. The van der Waals surface area contributed by atoms with Crippen LogP contribution in [0.4, 0.5) is 10.1 Å². The van der Waals surface area contributed by atoms with Gasteiger partial charge in [0.2, 0.25) is 11.8 Å². The molecule has 0 unspecified atom stereocenters. The summed E-state index contributed by atoms with van der Waals surface area (Å²) in [6.45, 7) is 1.26. The van der Waals surface area contributed by atoms with Crippen molar-refractivity contribution in [1.82, 2.24) is 9.80 Å². The molecule has 6 nitrogen and oxygen atoms in total. The van der Waals surface area contributed by atoms with E-state index in [1.54, 1.807) is 21.9 Å². The zero-order chi connectivity index (χ0) is 24.1. The van der Waals surface area contributed by atoms with Crippen molar-refractivity contribution in [3.8, 4) is 11.1 Å². The van der Waals surface area contributed by atoms with Gasteiger partial charge in [-0.25, -0.2) is 4.39 Å². The fourth-order valence-corrected chi connectivity index (χ4v) is 4.24. The highest BCUT2D eigenvalue weighted by molar-refractivity contribution is 9.10. The molecule has 0 radical (unpaired) electrons. The Hall–Kier alpha value is -3.52. The Balaban J connectivity index is 1.27. The Morgan fingerprint density at radius 1 is 0.824 bits per heavy atom. The molecule has 1 aliphatic heterocycles. The van der Waals surface area contributed by atoms with Crippen molar-refractivity contribution in [2.24, 2.45) is 0 Å². The normalized spacial score (nSPS) is 13.5. The molecular weight excluding hydrogens is 501 g/mol. The fraction of sp³-hybridized carbons (Fsp3) is 0.192. The molecule has 0 aliphatic carbocycles. The SMILES string of the molecule is O=C(CC(=O)N1CCN(C(=O)c2cc(F)ccc2Br)CC1)Nc1ccc(-c2ccccc2)cc1. The third-order valence-corrected chi connectivity index (χ3v) is 6.36. The third-order valence-electron chi connectivity index (χ3n) is 5.67. The molecule has 0 atom stereocenters. The van der Waals surface area contributed by atoms with Gasteiger partial charge in [0, 0.05) is 36.3 Å². The molecule has 1 N–H and O–H groups in total. The molecule has 1 saturated heterocycles. The first-order valence-electron chi connectivity index (χ1n) is 10.9. The van der Waals surface area contributed by atoms with Crippen LogP contribution in [-0.4, -0.2) is 53.7 Å². The summed E-state index contributed by atoms with van der Waals surface area (Å²) in [4.78, 5) is 40.8. The van der Waals surface area contributed by atoms with Crippen molar-refractivity contribution >= 4 is 39.3 Å². The first-order chi connectivity index (χ1) is 16.4. The van der Waals surface area contributed by atoms with Crippen LogP contribution in [0.2, 0.25) is 0 Å². The van der Waals surface area contributed by atoms with Gasteiger partial charge in [-0.05, 0) is 57.4 Å². The van der Waals surface area contributed by atoms with Gasteiger partial charge in [0.05, 0.1) is 5.56 Å². The van der Waals surface area contributed by atoms with Crippen LogP contribution < -0.4 is 5.32 Å². The summed E-state index contributed by atoms with van der Waals surface area (Å²) in [5.41, 5.74) is 2.98. The van der Waals surface area contributed by atoms with Crippen LogP contribution in [0, 0.1) is 5.82 Å². The van der Waals surface area contributed by atoms with Crippen LogP contribution in [0.3, 0.4) is 0 Å². The average Bonchev–Trinajstić information content (AvgIpc) is 2.86. The van der Waals surface area contributed by atoms with E-state index in [1.165, 1.54) is 18.2 Å². The molecule has 1 fully saturated rings. The number of piperazine rings is 1. The number of benzene rings is 3. The number of nitrogens with one attached hydrogen (secondary N) is 1. The van der Waals surface area contributed by atoms with E-state index in [4.69, 9.17) is 0 Å². The van der Waals surface area contributed by atoms with Gasteiger partial charge in [0.1, 0.15) is 12.2 Å². The van der Waals surface area contributed by atoms with Gasteiger partial charge < -0.3 is 15.1 Å². The summed E-state index contributed by atoms with van der Waals surface area (Å²) in [5.74, 6) is -1.46. The molecule has 0 aromatic heterocycles. The molecule has 0 saturated carbocycles. The van der Waals surface area contributed by atoms with Gasteiger partial charge in [-0.2, -0.15) is 0 Å². The van der Waals surface area contributed by atoms with E-state index in [0.717, 1.165) is 11.1 Å². The molecular formula is C26H23BrFN3O3. The number of carbonyl (C=O) groups excluding carboxylic acids is 3. The number of hydrogen-bond donors (Lipinski definition) is 1. The molecule has 0 bridgehead atoms. The maximum absolute atomic E-state index is 13.5. The van der Waals surface area contributed by atoms with Gasteiger partial charge in [0.15, 0.2) is 0 Å². The minimum Gasteiger partial charge on any atom is -0.339 e. The second-order valence-electron chi connectivity index (χ2n) is 7.97. The number of carbonyl (C=O) groups is 3. The van der Waals surface area contributed by atoms with Crippen molar-refractivity contribution in [2.75, 3.05) is 31.5 Å². The Kier molecular flexibility index (Phi) is 7.37. The second kappa shape index (κ2) is 10.6. The highest BCUT2D eigenvalue weighted by Crippen LogP contribution is 2.22. The minimum atomic E-state index is -0.485. The Bertz CT molecular complexity index is 1190. The average molecular weight is 524 g/mol. The molecule has 1 aliphatic rings. The minimum absolute atomic E-state index is 0.248. The van der Waals surface area contributed by atoms with E-state index >= 15 is 0 Å². The molecule has 3 aromatic carbocycles. The van der Waals surface area contributed by atoms with Crippen LogP contribution >= 0.6 is 15.9 Å². The van der Waals surface area contributed by atoms with Gasteiger partial charge >= 0.3 is 0 Å². The molecule has 1 heterocycles. The zero-order valence-corrected chi connectivity index (χ0v) is 19.9. The molecule has 3 amide bonds. The fourth-order valence-electron chi connectivity index (χ4n) is 3.82. The summed E-state index contributed by atoms with van der Waals surface area (Å²) in [6.07, 6.45) is -0.274. The van der Waals surface area contributed by atoms with Crippen molar-refractivity contribution in [2.45, 2.75) is 6.42 Å². The van der Waals surface area contributed by atoms with Crippen LogP contribution in [-0.2, 0) is 9.59 Å². The van der Waals surface area contributed by atoms with E-state index in [2.05, 4.69) is 21.2 Å². The maximum Gasteiger partial charge on any atom is 0.255 e. The van der Waals surface area contributed by atoms with Crippen LogP contribution in [0.25, 0.3) is 11.1 Å². The highest BCUT2D eigenvalue weighted by atomic mass is 79.9. The van der Waals surface area contributed by atoms with Crippen molar-refractivity contribution in [3.63, 3.8) is 0 Å². The number of anilines is 1. The quantitative estimate of drug-likeness (QED) is 0.498. The molecule has 0 spiro atoms. The Morgan fingerprint density at radius 2 is 1.44 bits per heavy atom. The lowest BCUT2D eigenvalue weighted by Crippen LogP contribution is -2.51. The van der Waals surface area contributed by atoms with E-state index in [-0.39, 0.29) is 29.7 Å². The lowest BCUT2D eigenvalue weighted by atomic mass is 10.1. The van der Waals surface area contributed by atoms with E-state index in [9.17, 15) is 18.8 Å². The summed E-state index contributed by atoms with van der Waals surface area (Å²) in [7, 11) is 0. The largest absolute Gasteiger partial charge is 0.339 e. The van der Waals surface area contributed by atoms with E-state index in [0.29, 0.717) is 36.3 Å². The predicted octanol–water partition coefficient (Wildman–Crippen LogP) is 4.57. The Morgan fingerprint density at radius 3 is 2.12 bits per heavy atom. The summed E-state index contributed by atoms with van der Waals surface area (Å²) >= 11 is 3.28. The summed E-state index contributed by atoms with van der Waals surface area (Å²) in [5, 5.41) is 2.76. The number of rotatable bonds is 5. The first-order valence-corrected chi connectivity index (χ1v) is 11.7. The van der Waals surface area contributed by atoms with Gasteiger partial charge in [0.25, 0.3) is 5.91 Å². The van der Waals surface area contributed by atoms with Crippen molar-refractivity contribution < 1.29 is 18.8 Å². The molecule has 8 heteroatoms. The topological polar surface area (TPSA) is 69.7 Å². The predicted molar refractivity (Wildman–Crippen MR) is 132 cm³/mol. The van der Waals surface area contributed by atoms with E-state index in [1.807, 2.05) is 42.5 Å². The number of halogens is 2. The standard InChI is InChI=1S/C26H23BrFN3O3/c27-23-11-8-20(28)16-22(23)26(34)31-14-12-30(13-15-31)25(33)17-24(32)29-21-9-6-19(7-10-21)18-4-2-1-3-5-18/h1-11,16H,12-15,17H2,(H,29,32). The molecule has 34 heavy (non-hydrogen) atoms. The highest BCUT2D eigenvalue weighted by Gasteiger charge is 2.27. The zero-order valence-electron chi connectivity index (χ0n) is 18.3. The van der Waals surface area contributed by atoms with Crippen molar-refractivity contribution in [1.29, 1.82) is 0 Å². The number of amides is 3.